The average Bonchev–Trinajstić information content (AvgIpc) is 2.16. The molecule has 0 aliphatic carbocycles. The molecule has 0 aromatic carbocycles. The summed E-state index contributed by atoms with van der Waals surface area (Å²) in [4.78, 5) is 19.2. The van der Waals surface area contributed by atoms with Crippen LogP contribution < -0.4 is 10.9 Å². The van der Waals surface area contributed by atoms with Gasteiger partial charge in [0, 0.05) is 13.1 Å². The van der Waals surface area contributed by atoms with Gasteiger partial charge in [0.1, 0.15) is 0 Å². The Morgan fingerprint density at radius 1 is 0.846 bits per heavy atom. The SMILES string of the molecule is O=C=NNCCCCCNN=C=O. The smallest absolute Gasteiger partial charge is 0.258 e. The van der Waals surface area contributed by atoms with Crippen LogP contribution in [0.2, 0.25) is 0 Å². The summed E-state index contributed by atoms with van der Waals surface area (Å²) < 4.78 is 0. The number of nitrogens with zero attached hydrogens (tertiary/aromatic N) is 2. The summed E-state index contributed by atoms with van der Waals surface area (Å²) in [5.74, 6) is 0. The zero-order valence-corrected chi connectivity index (χ0v) is 7.25. The van der Waals surface area contributed by atoms with Crippen LogP contribution in [-0.2, 0) is 9.59 Å². The molecule has 6 heteroatoms. The highest BCUT2D eigenvalue weighted by Crippen LogP contribution is 1.91. The van der Waals surface area contributed by atoms with Crippen LogP contribution in [0.3, 0.4) is 0 Å². The molecule has 0 aromatic heterocycles. The van der Waals surface area contributed by atoms with Crippen LogP contribution in [-0.4, -0.2) is 25.2 Å². The molecular formula is C7H12N4O2. The van der Waals surface area contributed by atoms with E-state index >= 15 is 0 Å². The van der Waals surface area contributed by atoms with E-state index in [4.69, 9.17) is 0 Å². The van der Waals surface area contributed by atoms with Crippen LogP contribution in [0.25, 0.3) is 0 Å². The normalized spacial score (nSPS) is 8.00. The van der Waals surface area contributed by atoms with Crippen LogP contribution in [0.1, 0.15) is 19.3 Å². The van der Waals surface area contributed by atoms with Gasteiger partial charge in [0.25, 0.3) is 12.2 Å². The van der Waals surface area contributed by atoms with E-state index in [0.29, 0.717) is 13.1 Å². The summed E-state index contributed by atoms with van der Waals surface area (Å²) >= 11 is 0. The Bertz CT molecular complexity index is 185. The number of carbonyl (C=O) groups excluding carboxylic acids is 2. The Morgan fingerprint density at radius 2 is 1.31 bits per heavy atom. The molecule has 0 saturated carbocycles. The lowest BCUT2D eigenvalue weighted by molar-refractivity contribution is 0.546. The van der Waals surface area contributed by atoms with Crippen molar-refractivity contribution < 1.29 is 9.59 Å². The lowest BCUT2D eigenvalue weighted by Crippen LogP contribution is -2.09. The maximum atomic E-state index is 9.60. The number of hydrazone groups is 2. The van der Waals surface area contributed by atoms with Crippen molar-refractivity contribution in [2.24, 2.45) is 10.2 Å². The van der Waals surface area contributed by atoms with Crippen molar-refractivity contribution >= 4 is 12.2 Å². The molecule has 0 spiro atoms. The standard InChI is InChI=1S/C7H12N4O2/c12-6-10-8-4-2-1-3-5-9-11-7-13/h8-9H,1-5H2. The van der Waals surface area contributed by atoms with E-state index in [1.54, 1.807) is 0 Å². The van der Waals surface area contributed by atoms with Crippen molar-refractivity contribution in [3.63, 3.8) is 0 Å². The number of nitrogens with one attached hydrogen (secondary N) is 2. The molecule has 0 unspecified atom stereocenters. The molecule has 0 aliphatic rings. The first-order valence-corrected chi connectivity index (χ1v) is 4.01. The minimum atomic E-state index is 0.659. The van der Waals surface area contributed by atoms with Crippen LogP contribution >= 0.6 is 0 Å². The van der Waals surface area contributed by atoms with Gasteiger partial charge in [-0.15, -0.1) is 0 Å². The lowest BCUT2D eigenvalue weighted by atomic mass is 10.2. The molecule has 72 valence electrons. The molecule has 0 heterocycles. The third kappa shape index (κ3) is 10.4. The average molecular weight is 184 g/mol. The Morgan fingerprint density at radius 3 is 1.69 bits per heavy atom. The van der Waals surface area contributed by atoms with Gasteiger partial charge in [-0.05, 0) is 19.3 Å². The number of hydrogen-bond acceptors (Lipinski definition) is 6. The molecule has 0 atom stereocenters. The van der Waals surface area contributed by atoms with Crippen LogP contribution in [0.15, 0.2) is 10.2 Å². The fourth-order valence-corrected chi connectivity index (χ4v) is 0.761. The van der Waals surface area contributed by atoms with Gasteiger partial charge in [-0.1, -0.05) is 10.2 Å². The number of rotatable bonds is 8. The molecule has 0 bridgehead atoms. The predicted octanol–water partition coefficient (Wildman–Crippen LogP) is -0.163. The Kier molecular flexibility index (Phi) is 9.05. The van der Waals surface area contributed by atoms with Crippen molar-refractivity contribution in [2.75, 3.05) is 13.1 Å². The third-order valence-electron chi connectivity index (χ3n) is 1.33. The van der Waals surface area contributed by atoms with Gasteiger partial charge in [0.05, 0.1) is 0 Å². The number of isocyanates is 2. The summed E-state index contributed by atoms with van der Waals surface area (Å²) in [6.45, 7) is 1.32. The molecule has 0 aliphatic heterocycles. The maximum absolute atomic E-state index is 9.60. The number of hydrogen-bond donors (Lipinski definition) is 2. The second kappa shape index (κ2) is 10.4. The fourth-order valence-electron chi connectivity index (χ4n) is 0.761. The molecular weight excluding hydrogens is 172 g/mol. The minimum absolute atomic E-state index is 0.659. The van der Waals surface area contributed by atoms with E-state index in [1.807, 2.05) is 0 Å². The van der Waals surface area contributed by atoms with Gasteiger partial charge < -0.3 is 0 Å². The highest BCUT2D eigenvalue weighted by Gasteiger charge is 1.87. The van der Waals surface area contributed by atoms with E-state index in [-0.39, 0.29) is 0 Å². The molecule has 0 rings (SSSR count). The Hall–Kier alpha value is -1.64. The Labute approximate surface area is 76.1 Å². The van der Waals surface area contributed by atoms with Crippen molar-refractivity contribution in [1.29, 1.82) is 0 Å². The van der Waals surface area contributed by atoms with Gasteiger partial charge in [-0.25, -0.2) is 9.59 Å². The third-order valence-corrected chi connectivity index (χ3v) is 1.33. The monoisotopic (exact) mass is 184 g/mol. The maximum Gasteiger partial charge on any atom is 0.258 e. The van der Waals surface area contributed by atoms with E-state index in [0.717, 1.165) is 19.3 Å². The zero-order chi connectivity index (χ0) is 9.78. The summed E-state index contributed by atoms with van der Waals surface area (Å²) in [7, 11) is 0. The van der Waals surface area contributed by atoms with Gasteiger partial charge >= 0.3 is 0 Å². The highest BCUT2D eigenvalue weighted by molar-refractivity contribution is 5.32. The largest absolute Gasteiger partial charge is 0.299 e. The molecule has 0 aromatic rings. The molecule has 13 heavy (non-hydrogen) atoms. The molecule has 0 amide bonds. The van der Waals surface area contributed by atoms with E-state index in [1.165, 1.54) is 12.2 Å². The molecule has 6 nitrogen and oxygen atoms in total. The first kappa shape index (κ1) is 11.4. The first-order valence-electron chi connectivity index (χ1n) is 4.01. The second-order valence-corrected chi connectivity index (χ2v) is 2.28. The number of unbranched alkanes of at least 4 members (excludes halogenated alkanes) is 2. The van der Waals surface area contributed by atoms with E-state index in [9.17, 15) is 9.59 Å². The molecule has 0 radical (unpaired) electrons. The van der Waals surface area contributed by atoms with E-state index < -0.39 is 0 Å². The van der Waals surface area contributed by atoms with Crippen molar-refractivity contribution in [2.45, 2.75) is 19.3 Å². The van der Waals surface area contributed by atoms with Gasteiger partial charge in [-0.3, -0.25) is 10.9 Å². The fraction of sp³-hybridized carbons (Fsp3) is 0.714. The van der Waals surface area contributed by atoms with Gasteiger partial charge in [0.15, 0.2) is 0 Å². The van der Waals surface area contributed by atoms with E-state index in [2.05, 4.69) is 21.1 Å². The first-order chi connectivity index (χ1) is 6.41. The quantitative estimate of drug-likeness (QED) is 0.237. The zero-order valence-electron chi connectivity index (χ0n) is 7.25. The van der Waals surface area contributed by atoms with Crippen molar-refractivity contribution in [3.8, 4) is 0 Å². The van der Waals surface area contributed by atoms with Gasteiger partial charge in [-0.2, -0.15) is 0 Å². The second-order valence-electron chi connectivity index (χ2n) is 2.28. The van der Waals surface area contributed by atoms with Crippen LogP contribution in [0.5, 0.6) is 0 Å². The van der Waals surface area contributed by atoms with Crippen LogP contribution in [0, 0.1) is 0 Å². The topological polar surface area (TPSA) is 82.9 Å². The molecule has 0 fully saturated rings. The lowest BCUT2D eigenvalue weighted by Gasteiger charge is -1.98. The highest BCUT2D eigenvalue weighted by atomic mass is 16.1. The Balaban J connectivity index is 2.99. The molecule has 0 saturated heterocycles. The summed E-state index contributed by atoms with van der Waals surface area (Å²) in [6.07, 6.45) is 5.56. The van der Waals surface area contributed by atoms with Gasteiger partial charge in [0.2, 0.25) is 0 Å². The predicted molar refractivity (Wildman–Crippen MR) is 46.1 cm³/mol. The van der Waals surface area contributed by atoms with Crippen molar-refractivity contribution in [3.05, 3.63) is 0 Å². The molecule has 2 N–H and O–H groups in total. The summed E-state index contributed by atoms with van der Waals surface area (Å²) in [5, 5.41) is 6.36. The summed E-state index contributed by atoms with van der Waals surface area (Å²) in [5.41, 5.74) is 5.06. The van der Waals surface area contributed by atoms with Crippen LogP contribution in [0.4, 0.5) is 0 Å². The summed E-state index contributed by atoms with van der Waals surface area (Å²) in [6, 6.07) is 0. The van der Waals surface area contributed by atoms with Crippen molar-refractivity contribution in [1.82, 2.24) is 10.9 Å². The minimum Gasteiger partial charge on any atom is -0.299 e.